The lowest BCUT2D eigenvalue weighted by molar-refractivity contribution is -0.143. The van der Waals surface area contributed by atoms with Crippen molar-refractivity contribution in [3.05, 3.63) is 35.4 Å². The second-order valence-corrected chi connectivity index (χ2v) is 4.92. The molecule has 2 atom stereocenters. The van der Waals surface area contributed by atoms with E-state index >= 15 is 0 Å². The normalized spacial score (nSPS) is 13.6. The smallest absolute Gasteiger partial charge is 0.326 e. The zero-order valence-electron chi connectivity index (χ0n) is 11.9. The van der Waals surface area contributed by atoms with Crippen molar-refractivity contribution in [1.82, 2.24) is 5.32 Å². The highest BCUT2D eigenvalue weighted by atomic mass is 16.4. The van der Waals surface area contributed by atoms with Crippen LogP contribution in [0.25, 0.3) is 0 Å². The number of nitrogens with two attached hydrogens (primary N) is 1. The molecule has 1 aromatic rings. The monoisotopic (exact) mass is 278 g/mol. The number of amides is 1. The van der Waals surface area contributed by atoms with Gasteiger partial charge in [0.1, 0.15) is 6.04 Å². The van der Waals surface area contributed by atoms with Gasteiger partial charge in [-0.1, -0.05) is 44.5 Å². The van der Waals surface area contributed by atoms with Crippen LogP contribution in [-0.4, -0.2) is 23.0 Å². The number of benzene rings is 1. The van der Waals surface area contributed by atoms with Crippen molar-refractivity contribution < 1.29 is 14.7 Å². The van der Waals surface area contributed by atoms with Crippen LogP contribution < -0.4 is 11.1 Å². The predicted octanol–water partition coefficient (Wildman–Crippen LogP) is 1.30. The number of carbonyl (C=O) groups is 2. The van der Waals surface area contributed by atoms with E-state index in [0.29, 0.717) is 13.0 Å². The maximum atomic E-state index is 12.0. The Kier molecular flexibility index (Phi) is 6.18. The van der Waals surface area contributed by atoms with Gasteiger partial charge in [-0.2, -0.15) is 0 Å². The molecule has 0 fully saturated rings. The third-order valence-electron chi connectivity index (χ3n) is 3.48. The SMILES string of the molecule is CC[C@H](C)[C@H](NC(=O)Cc1ccccc1CN)C(=O)O. The number of aliphatic carboxylic acids is 1. The van der Waals surface area contributed by atoms with Crippen molar-refractivity contribution in [1.29, 1.82) is 0 Å². The van der Waals surface area contributed by atoms with Crippen LogP contribution >= 0.6 is 0 Å². The summed E-state index contributed by atoms with van der Waals surface area (Å²) in [6, 6.07) is 6.55. The quantitative estimate of drug-likeness (QED) is 0.701. The molecular weight excluding hydrogens is 256 g/mol. The van der Waals surface area contributed by atoms with Gasteiger partial charge in [-0.3, -0.25) is 4.79 Å². The van der Waals surface area contributed by atoms with Crippen LogP contribution in [-0.2, 0) is 22.6 Å². The van der Waals surface area contributed by atoms with Crippen molar-refractivity contribution >= 4 is 11.9 Å². The van der Waals surface area contributed by atoms with Crippen molar-refractivity contribution in [3.63, 3.8) is 0 Å². The van der Waals surface area contributed by atoms with Crippen molar-refractivity contribution in [2.24, 2.45) is 11.7 Å². The first-order chi connectivity index (χ1) is 9.49. The Morgan fingerprint density at radius 1 is 1.30 bits per heavy atom. The zero-order valence-corrected chi connectivity index (χ0v) is 11.9. The highest BCUT2D eigenvalue weighted by Gasteiger charge is 2.25. The van der Waals surface area contributed by atoms with Crippen molar-refractivity contribution in [2.75, 3.05) is 0 Å². The minimum absolute atomic E-state index is 0.110. The summed E-state index contributed by atoms with van der Waals surface area (Å²) in [6.45, 7) is 4.07. The fourth-order valence-electron chi connectivity index (χ4n) is 2.01. The molecule has 0 heterocycles. The molecule has 0 radical (unpaired) electrons. The Morgan fingerprint density at radius 2 is 1.90 bits per heavy atom. The topological polar surface area (TPSA) is 92.4 Å². The molecule has 5 heteroatoms. The molecule has 5 nitrogen and oxygen atoms in total. The summed E-state index contributed by atoms with van der Waals surface area (Å²) in [7, 11) is 0. The highest BCUT2D eigenvalue weighted by molar-refractivity contribution is 5.85. The van der Waals surface area contributed by atoms with Gasteiger partial charge >= 0.3 is 5.97 Å². The van der Waals surface area contributed by atoms with E-state index in [2.05, 4.69) is 5.32 Å². The molecule has 20 heavy (non-hydrogen) atoms. The van der Waals surface area contributed by atoms with E-state index in [4.69, 9.17) is 10.8 Å². The molecule has 0 saturated carbocycles. The molecule has 0 aromatic heterocycles. The Hall–Kier alpha value is -1.88. The van der Waals surface area contributed by atoms with E-state index in [1.54, 1.807) is 0 Å². The number of carboxylic acid groups (broad SMARTS) is 1. The molecule has 0 unspecified atom stereocenters. The van der Waals surface area contributed by atoms with Crippen LogP contribution in [0, 0.1) is 5.92 Å². The average molecular weight is 278 g/mol. The number of rotatable bonds is 7. The van der Waals surface area contributed by atoms with Crippen LogP contribution in [0.5, 0.6) is 0 Å². The van der Waals surface area contributed by atoms with Crippen molar-refractivity contribution in [2.45, 2.75) is 39.3 Å². The summed E-state index contributed by atoms with van der Waals surface area (Å²) in [5, 5.41) is 11.7. The van der Waals surface area contributed by atoms with Crippen LogP contribution in [0.1, 0.15) is 31.4 Å². The lowest BCUT2D eigenvalue weighted by atomic mass is 9.98. The lowest BCUT2D eigenvalue weighted by Crippen LogP contribution is -2.45. The van der Waals surface area contributed by atoms with Crippen LogP contribution in [0.4, 0.5) is 0 Å². The van der Waals surface area contributed by atoms with E-state index in [1.807, 2.05) is 38.1 Å². The molecular formula is C15H22N2O3. The molecule has 0 aliphatic carbocycles. The summed E-state index contributed by atoms with van der Waals surface area (Å²) in [5.74, 6) is -1.40. The minimum Gasteiger partial charge on any atom is -0.480 e. The van der Waals surface area contributed by atoms with Gasteiger partial charge in [0, 0.05) is 6.54 Å². The van der Waals surface area contributed by atoms with Gasteiger partial charge in [0.2, 0.25) is 5.91 Å². The molecule has 0 aliphatic heterocycles. The lowest BCUT2D eigenvalue weighted by Gasteiger charge is -2.20. The second kappa shape index (κ2) is 7.65. The average Bonchev–Trinajstić information content (AvgIpc) is 2.44. The summed E-state index contributed by atoms with van der Waals surface area (Å²) in [6.07, 6.45) is 0.838. The number of hydrogen-bond donors (Lipinski definition) is 3. The fraction of sp³-hybridized carbons (Fsp3) is 0.467. The first kappa shape index (κ1) is 16.2. The van der Waals surface area contributed by atoms with E-state index in [1.165, 1.54) is 0 Å². The Bertz CT molecular complexity index is 474. The first-order valence-corrected chi connectivity index (χ1v) is 6.78. The van der Waals surface area contributed by atoms with E-state index in [9.17, 15) is 9.59 Å². The predicted molar refractivity (Wildman–Crippen MR) is 77.1 cm³/mol. The van der Waals surface area contributed by atoms with Gasteiger partial charge in [-0.25, -0.2) is 4.79 Å². The molecule has 0 aliphatic rings. The van der Waals surface area contributed by atoms with E-state index in [-0.39, 0.29) is 18.2 Å². The van der Waals surface area contributed by atoms with Crippen LogP contribution in [0.2, 0.25) is 0 Å². The van der Waals surface area contributed by atoms with E-state index < -0.39 is 12.0 Å². The molecule has 1 amide bonds. The van der Waals surface area contributed by atoms with Gasteiger partial charge in [0.25, 0.3) is 0 Å². The molecule has 0 bridgehead atoms. The first-order valence-electron chi connectivity index (χ1n) is 6.78. The summed E-state index contributed by atoms with van der Waals surface area (Å²) in [4.78, 5) is 23.2. The number of carboxylic acids is 1. The standard InChI is InChI=1S/C15H22N2O3/c1-3-10(2)14(15(19)20)17-13(18)8-11-6-4-5-7-12(11)9-16/h4-7,10,14H,3,8-9,16H2,1-2H3,(H,17,18)(H,19,20)/t10-,14-/m0/s1. The molecule has 1 aromatic carbocycles. The summed E-state index contributed by atoms with van der Waals surface area (Å²) < 4.78 is 0. The van der Waals surface area contributed by atoms with Gasteiger partial charge in [0.15, 0.2) is 0 Å². The number of hydrogen-bond acceptors (Lipinski definition) is 3. The van der Waals surface area contributed by atoms with Gasteiger partial charge in [-0.05, 0) is 17.0 Å². The Morgan fingerprint density at radius 3 is 2.40 bits per heavy atom. The van der Waals surface area contributed by atoms with E-state index in [0.717, 1.165) is 11.1 Å². The number of carbonyl (C=O) groups excluding carboxylic acids is 1. The fourth-order valence-corrected chi connectivity index (χ4v) is 2.01. The maximum absolute atomic E-state index is 12.0. The van der Waals surface area contributed by atoms with Crippen LogP contribution in [0.3, 0.4) is 0 Å². The molecule has 1 rings (SSSR count). The highest BCUT2D eigenvalue weighted by Crippen LogP contribution is 2.11. The van der Waals surface area contributed by atoms with Gasteiger partial charge in [-0.15, -0.1) is 0 Å². The number of nitrogens with one attached hydrogen (secondary N) is 1. The van der Waals surface area contributed by atoms with Crippen molar-refractivity contribution in [3.8, 4) is 0 Å². The maximum Gasteiger partial charge on any atom is 0.326 e. The molecule has 0 spiro atoms. The molecule has 110 valence electrons. The Balaban J connectivity index is 2.73. The third-order valence-corrected chi connectivity index (χ3v) is 3.48. The largest absolute Gasteiger partial charge is 0.480 e. The molecule has 4 N–H and O–H groups in total. The third kappa shape index (κ3) is 4.35. The van der Waals surface area contributed by atoms with Gasteiger partial charge < -0.3 is 16.2 Å². The molecule has 0 saturated heterocycles. The zero-order chi connectivity index (χ0) is 15.1. The Labute approximate surface area is 119 Å². The second-order valence-electron chi connectivity index (χ2n) is 4.92. The minimum atomic E-state index is -1.00. The summed E-state index contributed by atoms with van der Waals surface area (Å²) >= 11 is 0. The van der Waals surface area contributed by atoms with Crippen LogP contribution in [0.15, 0.2) is 24.3 Å². The van der Waals surface area contributed by atoms with Gasteiger partial charge in [0.05, 0.1) is 6.42 Å². The summed E-state index contributed by atoms with van der Waals surface area (Å²) in [5.41, 5.74) is 7.35.